The first kappa shape index (κ1) is 20.5. The number of thioether (sulfide) groups is 1. The van der Waals surface area contributed by atoms with Crippen molar-refractivity contribution in [2.45, 2.75) is 58.2 Å². The molecular weight excluding hydrogens is 396 g/mol. The van der Waals surface area contributed by atoms with Crippen molar-refractivity contribution in [1.82, 2.24) is 24.7 Å². The molecule has 0 spiro atoms. The second-order valence-corrected chi connectivity index (χ2v) is 8.64. The monoisotopic (exact) mass is 422 g/mol. The molecule has 7 nitrogen and oxygen atoms in total. The summed E-state index contributed by atoms with van der Waals surface area (Å²) in [6.45, 7) is 6.79. The van der Waals surface area contributed by atoms with Gasteiger partial charge in [-0.25, -0.2) is 9.97 Å². The largest absolute Gasteiger partial charge is 0.325 e. The van der Waals surface area contributed by atoms with Gasteiger partial charge in [-0.2, -0.15) is 0 Å². The number of rotatable bonds is 5. The molecule has 30 heavy (non-hydrogen) atoms. The molecule has 8 heteroatoms. The van der Waals surface area contributed by atoms with Gasteiger partial charge in [0.2, 0.25) is 5.91 Å². The normalized spacial score (nSPS) is 13.6. The fraction of sp³-hybridized carbons (Fsp3) is 0.409. The van der Waals surface area contributed by atoms with Crippen molar-refractivity contribution >= 4 is 23.4 Å². The molecule has 0 atom stereocenters. The molecular formula is C22H26N6OS. The second kappa shape index (κ2) is 8.95. The number of nitrogens with one attached hydrogen (secondary N) is 1. The predicted molar refractivity (Wildman–Crippen MR) is 119 cm³/mol. The van der Waals surface area contributed by atoms with Crippen molar-refractivity contribution in [3.8, 4) is 11.4 Å². The van der Waals surface area contributed by atoms with E-state index in [1.165, 1.54) is 18.2 Å². The van der Waals surface area contributed by atoms with Crippen LogP contribution in [0.3, 0.4) is 0 Å². The third-order valence-electron chi connectivity index (χ3n) is 5.17. The number of aromatic nitrogens is 5. The molecule has 0 bridgehead atoms. The Bertz CT molecular complexity index is 1060. The van der Waals surface area contributed by atoms with Crippen LogP contribution >= 0.6 is 11.8 Å². The van der Waals surface area contributed by atoms with E-state index in [9.17, 15) is 4.79 Å². The van der Waals surface area contributed by atoms with Crippen molar-refractivity contribution in [3.05, 3.63) is 47.0 Å². The smallest absolute Gasteiger partial charge is 0.234 e. The van der Waals surface area contributed by atoms with Crippen molar-refractivity contribution in [1.29, 1.82) is 0 Å². The van der Waals surface area contributed by atoms with E-state index in [0.29, 0.717) is 5.16 Å². The summed E-state index contributed by atoms with van der Waals surface area (Å²) in [6, 6.07) is 7.98. The maximum absolute atomic E-state index is 12.6. The molecule has 0 saturated heterocycles. The molecule has 0 unspecified atom stereocenters. The number of hydrogen-bond acceptors (Lipinski definition) is 6. The van der Waals surface area contributed by atoms with Crippen molar-refractivity contribution in [3.63, 3.8) is 0 Å². The van der Waals surface area contributed by atoms with Gasteiger partial charge in [-0.05, 0) is 51.3 Å². The quantitative estimate of drug-likeness (QED) is 0.492. The number of anilines is 1. The van der Waals surface area contributed by atoms with E-state index in [4.69, 9.17) is 0 Å². The van der Waals surface area contributed by atoms with Crippen LogP contribution < -0.4 is 5.32 Å². The van der Waals surface area contributed by atoms with Crippen LogP contribution in [-0.2, 0) is 17.8 Å². The molecule has 1 aromatic carbocycles. The summed E-state index contributed by atoms with van der Waals surface area (Å²) < 4.78 is 2.22. The molecule has 1 N–H and O–H groups in total. The van der Waals surface area contributed by atoms with E-state index >= 15 is 0 Å². The molecule has 1 amide bonds. The summed E-state index contributed by atoms with van der Waals surface area (Å²) in [5, 5.41) is 12.5. The van der Waals surface area contributed by atoms with Gasteiger partial charge in [0, 0.05) is 35.6 Å². The van der Waals surface area contributed by atoms with Crippen LogP contribution in [0.2, 0.25) is 0 Å². The molecule has 3 aromatic rings. The highest BCUT2D eigenvalue weighted by molar-refractivity contribution is 7.99. The van der Waals surface area contributed by atoms with E-state index in [1.54, 1.807) is 0 Å². The molecule has 3 heterocycles. The van der Waals surface area contributed by atoms with Gasteiger partial charge in [-0.1, -0.05) is 30.3 Å². The fourth-order valence-corrected chi connectivity index (χ4v) is 4.42. The average molecular weight is 423 g/mol. The number of benzene rings is 1. The van der Waals surface area contributed by atoms with Gasteiger partial charge in [0.25, 0.3) is 0 Å². The molecule has 2 aromatic heterocycles. The van der Waals surface area contributed by atoms with Gasteiger partial charge in [0.15, 0.2) is 11.0 Å². The van der Waals surface area contributed by atoms with Gasteiger partial charge < -0.3 is 9.88 Å². The fourth-order valence-electron chi connectivity index (χ4n) is 3.67. The zero-order valence-corrected chi connectivity index (χ0v) is 18.4. The lowest BCUT2D eigenvalue weighted by Crippen LogP contribution is -2.15. The molecule has 1 aliphatic heterocycles. The van der Waals surface area contributed by atoms with E-state index in [2.05, 4.69) is 30.0 Å². The van der Waals surface area contributed by atoms with Crippen LogP contribution in [0.1, 0.15) is 42.0 Å². The Labute approximate surface area is 180 Å². The summed E-state index contributed by atoms with van der Waals surface area (Å²) >= 11 is 1.34. The summed E-state index contributed by atoms with van der Waals surface area (Å²) in [5.74, 6) is 2.11. The average Bonchev–Trinajstić information content (AvgIpc) is 2.95. The van der Waals surface area contributed by atoms with Gasteiger partial charge >= 0.3 is 0 Å². The van der Waals surface area contributed by atoms with Crippen LogP contribution in [0.5, 0.6) is 0 Å². The molecule has 0 saturated carbocycles. The summed E-state index contributed by atoms with van der Waals surface area (Å²) in [4.78, 5) is 21.3. The van der Waals surface area contributed by atoms with Gasteiger partial charge in [-0.15, -0.1) is 10.2 Å². The van der Waals surface area contributed by atoms with E-state index < -0.39 is 0 Å². The lowest BCUT2D eigenvalue weighted by molar-refractivity contribution is -0.113. The van der Waals surface area contributed by atoms with Gasteiger partial charge in [0.1, 0.15) is 5.82 Å². The Morgan fingerprint density at radius 3 is 2.67 bits per heavy atom. The molecule has 1 aliphatic rings. The lowest BCUT2D eigenvalue weighted by Gasteiger charge is -2.12. The number of hydrogen-bond donors (Lipinski definition) is 1. The van der Waals surface area contributed by atoms with Crippen LogP contribution in [-0.4, -0.2) is 36.4 Å². The first-order chi connectivity index (χ1) is 14.5. The Kier molecular flexibility index (Phi) is 6.13. The van der Waals surface area contributed by atoms with E-state index in [-0.39, 0.29) is 11.7 Å². The Hall–Kier alpha value is -2.74. The number of carbonyl (C=O) groups excluding carboxylic acids is 1. The van der Waals surface area contributed by atoms with Crippen molar-refractivity contribution < 1.29 is 4.79 Å². The number of amides is 1. The molecule has 156 valence electrons. The first-order valence-corrected chi connectivity index (χ1v) is 11.3. The van der Waals surface area contributed by atoms with Crippen molar-refractivity contribution in [2.75, 3.05) is 11.1 Å². The van der Waals surface area contributed by atoms with Crippen molar-refractivity contribution in [2.24, 2.45) is 0 Å². The highest BCUT2D eigenvalue weighted by atomic mass is 32.2. The first-order valence-electron chi connectivity index (χ1n) is 10.3. The second-order valence-electron chi connectivity index (χ2n) is 7.70. The van der Waals surface area contributed by atoms with Gasteiger partial charge in [0.05, 0.1) is 5.75 Å². The van der Waals surface area contributed by atoms with Crippen LogP contribution in [0, 0.1) is 20.8 Å². The minimum absolute atomic E-state index is 0.0805. The lowest BCUT2D eigenvalue weighted by atomic mass is 10.1. The minimum atomic E-state index is -0.0805. The number of carbonyl (C=O) groups is 1. The minimum Gasteiger partial charge on any atom is -0.325 e. The number of nitrogens with zero attached hydrogens (tertiary/aromatic N) is 5. The van der Waals surface area contributed by atoms with Crippen LogP contribution in [0.25, 0.3) is 11.4 Å². The SMILES string of the molecule is Cc1cc(C)nc(SCC(=O)Nc2cc(-c3nnc4n3CCCCC4)ccc2C)n1. The van der Waals surface area contributed by atoms with Crippen LogP contribution in [0.4, 0.5) is 5.69 Å². The Morgan fingerprint density at radius 1 is 1.07 bits per heavy atom. The predicted octanol–water partition coefficient (Wildman–Crippen LogP) is 4.12. The molecule has 0 aliphatic carbocycles. The number of aryl methyl sites for hydroxylation is 4. The third kappa shape index (κ3) is 4.70. The standard InChI is InChI=1S/C22H26N6OS/c1-14-8-9-17(21-27-26-19-7-5-4-6-10-28(19)21)12-18(14)25-20(29)13-30-22-23-15(2)11-16(3)24-22/h8-9,11-12H,4-7,10,13H2,1-3H3,(H,25,29). The molecule has 4 rings (SSSR count). The van der Waals surface area contributed by atoms with E-state index in [0.717, 1.165) is 65.7 Å². The third-order valence-corrected chi connectivity index (χ3v) is 6.02. The summed E-state index contributed by atoms with van der Waals surface area (Å²) in [6.07, 6.45) is 4.50. The summed E-state index contributed by atoms with van der Waals surface area (Å²) in [7, 11) is 0. The Balaban J connectivity index is 1.48. The zero-order valence-electron chi connectivity index (χ0n) is 17.6. The molecule has 0 radical (unpaired) electrons. The topological polar surface area (TPSA) is 85.6 Å². The highest BCUT2D eigenvalue weighted by Crippen LogP contribution is 2.27. The van der Waals surface area contributed by atoms with Gasteiger partial charge in [-0.3, -0.25) is 4.79 Å². The maximum atomic E-state index is 12.6. The zero-order chi connectivity index (χ0) is 21.1. The van der Waals surface area contributed by atoms with E-state index in [1.807, 2.05) is 45.0 Å². The molecule has 0 fully saturated rings. The van der Waals surface area contributed by atoms with Crippen LogP contribution in [0.15, 0.2) is 29.4 Å². The maximum Gasteiger partial charge on any atom is 0.234 e. The summed E-state index contributed by atoms with van der Waals surface area (Å²) in [5.41, 5.74) is 4.59. The highest BCUT2D eigenvalue weighted by Gasteiger charge is 2.17. The number of fused-ring (bicyclic) bond motifs is 1. The Morgan fingerprint density at radius 2 is 1.87 bits per heavy atom.